The van der Waals surface area contributed by atoms with Crippen molar-refractivity contribution in [2.45, 2.75) is 55.4 Å². The van der Waals surface area contributed by atoms with E-state index >= 15 is 0 Å². The van der Waals surface area contributed by atoms with Gasteiger partial charge in [0.2, 0.25) is 17.7 Å². The van der Waals surface area contributed by atoms with Crippen LogP contribution < -0.4 is 10.6 Å². The van der Waals surface area contributed by atoms with Crippen LogP contribution in [0.3, 0.4) is 0 Å². The van der Waals surface area contributed by atoms with Crippen molar-refractivity contribution in [2.24, 2.45) is 17.8 Å². The summed E-state index contributed by atoms with van der Waals surface area (Å²) in [5.74, 6) is -1.48. The van der Waals surface area contributed by atoms with Gasteiger partial charge in [-0.25, -0.2) is 4.68 Å². The number of hydrogen-bond donors (Lipinski definition) is 3. The largest absolute Gasteiger partial charge is 0.396 e. The zero-order chi connectivity index (χ0) is 27.9. The molecule has 3 fully saturated rings. The molecule has 4 heterocycles. The van der Waals surface area contributed by atoms with E-state index in [1.54, 1.807) is 21.3 Å². The van der Waals surface area contributed by atoms with Crippen LogP contribution in [0, 0.1) is 17.8 Å². The number of amides is 3. The molecule has 3 aromatic rings. The molecule has 3 N–H and O–H groups in total. The van der Waals surface area contributed by atoms with E-state index < -0.39 is 22.6 Å². The molecule has 1 aromatic heterocycles. The zero-order valence-corrected chi connectivity index (χ0v) is 23.2. The topological polar surface area (TPSA) is 129 Å². The molecule has 3 amide bonds. The van der Waals surface area contributed by atoms with Crippen LogP contribution in [-0.2, 0) is 27.6 Å². The van der Waals surface area contributed by atoms with Gasteiger partial charge in [-0.05, 0) is 42.9 Å². The highest BCUT2D eigenvalue weighted by Crippen LogP contribution is 2.68. The van der Waals surface area contributed by atoms with Gasteiger partial charge in [0.1, 0.15) is 18.2 Å². The quantitative estimate of drug-likeness (QED) is 0.322. The Morgan fingerprint density at radius 2 is 1.85 bits per heavy atom. The van der Waals surface area contributed by atoms with Gasteiger partial charge in [-0.3, -0.25) is 14.4 Å². The first kappa shape index (κ1) is 26.8. The maximum absolute atomic E-state index is 14.1. The lowest BCUT2D eigenvalue weighted by molar-refractivity contribution is -0.140. The fraction of sp³-hybridized carbons (Fsp3) is 0.483. The van der Waals surface area contributed by atoms with Crippen molar-refractivity contribution in [1.29, 1.82) is 0 Å². The average Bonchev–Trinajstić information content (AvgIpc) is 3.69. The van der Waals surface area contributed by atoms with Gasteiger partial charge in [0.05, 0.1) is 22.1 Å². The summed E-state index contributed by atoms with van der Waals surface area (Å²) in [7, 11) is 0. The highest BCUT2D eigenvalue weighted by molar-refractivity contribution is 8.02. The lowest BCUT2D eigenvalue weighted by Crippen LogP contribution is -2.56. The van der Waals surface area contributed by atoms with Crippen LogP contribution >= 0.6 is 11.8 Å². The van der Waals surface area contributed by atoms with Crippen molar-refractivity contribution in [3.8, 4) is 0 Å². The van der Waals surface area contributed by atoms with Gasteiger partial charge >= 0.3 is 0 Å². The van der Waals surface area contributed by atoms with E-state index in [0.717, 1.165) is 23.0 Å². The lowest BCUT2D eigenvalue weighted by Gasteiger charge is -2.38. The summed E-state index contributed by atoms with van der Waals surface area (Å²) in [6, 6.07) is 16.5. The fourth-order valence-corrected chi connectivity index (χ4v) is 9.36. The second kappa shape index (κ2) is 10.9. The third-order valence-corrected chi connectivity index (χ3v) is 10.8. The van der Waals surface area contributed by atoms with Crippen LogP contribution in [0.2, 0.25) is 0 Å². The number of nitrogens with zero attached hydrogens (tertiary/aromatic N) is 4. The van der Waals surface area contributed by atoms with Crippen LogP contribution in [0.4, 0.5) is 0 Å². The van der Waals surface area contributed by atoms with E-state index in [9.17, 15) is 19.5 Å². The fourth-order valence-electron chi connectivity index (χ4n) is 6.94. The van der Waals surface area contributed by atoms with E-state index in [1.165, 1.54) is 0 Å². The van der Waals surface area contributed by atoms with Gasteiger partial charge in [0.15, 0.2) is 0 Å². The van der Waals surface area contributed by atoms with Crippen LogP contribution in [0.25, 0.3) is 11.0 Å². The Hall–Kier alpha value is -3.44. The van der Waals surface area contributed by atoms with E-state index in [1.807, 2.05) is 54.6 Å². The summed E-state index contributed by atoms with van der Waals surface area (Å²) < 4.78 is 0.946. The number of para-hydroxylation sites is 1. The van der Waals surface area contributed by atoms with Crippen molar-refractivity contribution in [3.63, 3.8) is 0 Å². The summed E-state index contributed by atoms with van der Waals surface area (Å²) in [6.45, 7) is 3.00. The molecule has 3 unspecified atom stereocenters. The molecule has 6 rings (SSSR count). The Morgan fingerprint density at radius 3 is 2.65 bits per heavy atom. The molecule has 10 nitrogen and oxygen atoms in total. The van der Waals surface area contributed by atoms with Crippen LogP contribution in [-0.4, -0.2) is 71.9 Å². The molecule has 2 aromatic carbocycles. The molecule has 0 aliphatic carbocycles. The Bertz CT molecular complexity index is 1420. The van der Waals surface area contributed by atoms with Gasteiger partial charge in [0.25, 0.3) is 0 Å². The summed E-state index contributed by atoms with van der Waals surface area (Å²) >= 11 is 1.66. The first-order valence-electron chi connectivity index (χ1n) is 13.9. The monoisotopic (exact) mass is 562 g/mol. The molecular formula is C29H34N6O4S. The number of carbonyl (C=O) groups is 3. The van der Waals surface area contributed by atoms with Crippen LogP contribution in [0.5, 0.6) is 0 Å². The number of aliphatic hydroxyl groups excluding tert-OH is 1. The summed E-state index contributed by atoms with van der Waals surface area (Å²) in [5, 5.41) is 23.8. The first-order valence-corrected chi connectivity index (χ1v) is 14.8. The van der Waals surface area contributed by atoms with E-state index in [2.05, 4.69) is 27.9 Å². The van der Waals surface area contributed by atoms with Crippen LogP contribution in [0.15, 0.2) is 54.6 Å². The molecule has 210 valence electrons. The molecule has 11 heteroatoms. The molecule has 0 radical (unpaired) electrons. The summed E-state index contributed by atoms with van der Waals surface area (Å²) in [6.07, 6.45) is 1.89. The number of benzene rings is 2. The standard InChI is InChI=1S/C29H34N6O4S/c1-18-15-22-23(26(37)30-16-19-9-3-2-4-10-19)24-28(39)34(13-7-8-14-36)25(29(18,24)40-22)27(38)31-17-35-21-12-6-5-11-20(21)32-33-35/h2-6,9-12,18,22-25,36H,7-8,13-17H2,1H3,(H,30,37)(H,31,38)/t18?,22-,23+,24+,25?,29?/m1/s1. The predicted molar refractivity (Wildman–Crippen MR) is 151 cm³/mol. The zero-order valence-electron chi connectivity index (χ0n) is 22.4. The third-order valence-electron chi connectivity index (χ3n) is 8.74. The summed E-state index contributed by atoms with van der Waals surface area (Å²) in [4.78, 5) is 43.4. The van der Waals surface area contributed by atoms with Crippen molar-refractivity contribution in [2.75, 3.05) is 13.2 Å². The van der Waals surface area contributed by atoms with Crippen molar-refractivity contribution < 1.29 is 19.5 Å². The number of fused-ring (bicyclic) bond motifs is 2. The van der Waals surface area contributed by atoms with Crippen molar-refractivity contribution >= 4 is 40.5 Å². The molecule has 6 atom stereocenters. The van der Waals surface area contributed by atoms with E-state index in [4.69, 9.17) is 0 Å². The number of nitrogens with one attached hydrogen (secondary N) is 2. The normalized spacial score (nSPS) is 28.7. The number of unbranched alkanes of at least 4 members (excludes halogenated alkanes) is 1. The molecule has 3 aliphatic heterocycles. The lowest BCUT2D eigenvalue weighted by atomic mass is 9.66. The SMILES string of the molecule is CC1C[C@H]2SC13C(C(=O)NCn1nnc4ccccc41)N(CCCCO)C(=O)[C@@H]3[C@H]2C(=O)NCc1ccccc1. The smallest absolute Gasteiger partial charge is 0.245 e. The molecule has 40 heavy (non-hydrogen) atoms. The van der Waals surface area contributed by atoms with Gasteiger partial charge in [-0.15, -0.1) is 16.9 Å². The van der Waals surface area contributed by atoms with E-state index in [-0.39, 0.29) is 42.2 Å². The molecule has 1 spiro atoms. The van der Waals surface area contributed by atoms with Crippen molar-refractivity contribution in [1.82, 2.24) is 30.5 Å². The number of rotatable bonds is 10. The minimum absolute atomic E-state index is 0.0184. The predicted octanol–water partition coefficient (Wildman–Crippen LogP) is 1.93. The van der Waals surface area contributed by atoms with Gasteiger partial charge in [0, 0.05) is 24.9 Å². The number of thioether (sulfide) groups is 1. The Morgan fingerprint density at radius 1 is 1.07 bits per heavy atom. The second-order valence-electron chi connectivity index (χ2n) is 11.0. The summed E-state index contributed by atoms with van der Waals surface area (Å²) in [5.41, 5.74) is 2.54. The highest BCUT2D eigenvalue weighted by atomic mass is 32.2. The molecular weight excluding hydrogens is 528 g/mol. The minimum Gasteiger partial charge on any atom is -0.396 e. The number of aliphatic hydroxyl groups is 1. The number of aromatic nitrogens is 3. The van der Waals surface area contributed by atoms with Gasteiger partial charge in [-0.1, -0.05) is 54.6 Å². The second-order valence-corrected chi connectivity index (χ2v) is 12.5. The number of carbonyl (C=O) groups excluding carboxylic acids is 3. The Kier molecular flexibility index (Phi) is 7.26. The number of hydrogen-bond acceptors (Lipinski definition) is 7. The minimum atomic E-state index is -0.713. The maximum Gasteiger partial charge on any atom is 0.245 e. The Labute approximate surface area is 236 Å². The molecule has 3 aliphatic rings. The third kappa shape index (κ3) is 4.35. The first-order chi connectivity index (χ1) is 19.5. The molecule has 3 saturated heterocycles. The molecule has 2 bridgehead atoms. The average molecular weight is 563 g/mol. The van der Waals surface area contributed by atoms with Gasteiger partial charge in [-0.2, -0.15) is 0 Å². The maximum atomic E-state index is 14.1. The Balaban J connectivity index is 1.26. The number of likely N-dealkylation sites (tertiary alicyclic amines) is 1. The molecule has 0 saturated carbocycles. The van der Waals surface area contributed by atoms with Gasteiger partial charge < -0.3 is 20.6 Å². The highest BCUT2D eigenvalue weighted by Gasteiger charge is 2.75. The van der Waals surface area contributed by atoms with E-state index in [0.29, 0.717) is 25.9 Å². The van der Waals surface area contributed by atoms with Crippen molar-refractivity contribution in [3.05, 3.63) is 60.2 Å². The van der Waals surface area contributed by atoms with Crippen LogP contribution in [0.1, 0.15) is 31.7 Å².